The molecule has 4 heteroatoms. The number of ether oxygens (including phenoxy) is 1. The first kappa shape index (κ1) is 18.7. The van der Waals surface area contributed by atoms with Gasteiger partial charge in [0.1, 0.15) is 12.4 Å². The molecule has 0 fully saturated rings. The summed E-state index contributed by atoms with van der Waals surface area (Å²) in [7, 11) is 0. The SMILES string of the molecule is CCN(CC)CCOc1ccc2c(c1)CCNC2c1ccc(I)cc1. The summed E-state index contributed by atoms with van der Waals surface area (Å²) in [5.74, 6) is 0.995. The van der Waals surface area contributed by atoms with E-state index < -0.39 is 0 Å². The second kappa shape index (κ2) is 9.01. The number of likely N-dealkylation sites (N-methyl/N-ethyl adjacent to an activating group) is 1. The lowest BCUT2D eigenvalue weighted by Crippen LogP contribution is -2.30. The van der Waals surface area contributed by atoms with Crippen LogP contribution in [0.4, 0.5) is 0 Å². The Morgan fingerprint density at radius 3 is 2.60 bits per heavy atom. The van der Waals surface area contributed by atoms with E-state index in [0.29, 0.717) is 0 Å². The van der Waals surface area contributed by atoms with Gasteiger partial charge in [0.05, 0.1) is 6.04 Å². The lowest BCUT2D eigenvalue weighted by atomic mass is 9.90. The molecule has 2 aromatic rings. The molecule has 0 saturated carbocycles. The van der Waals surface area contributed by atoms with Crippen LogP contribution in [0.15, 0.2) is 42.5 Å². The minimum absolute atomic E-state index is 0.283. The van der Waals surface area contributed by atoms with Crippen molar-refractivity contribution in [3.05, 3.63) is 62.7 Å². The maximum absolute atomic E-state index is 6.00. The smallest absolute Gasteiger partial charge is 0.119 e. The van der Waals surface area contributed by atoms with E-state index >= 15 is 0 Å². The van der Waals surface area contributed by atoms with E-state index in [-0.39, 0.29) is 6.04 Å². The largest absolute Gasteiger partial charge is 0.492 e. The maximum atomic E-state index is 6.00. The van der Waals surface area contributed by atoms with Crippen LogP contribution in [0, 0.1) is 3.57 Å². The lowest BCUT2D eigenvalue weighted by molar-refractivity contribution is 0.222. The molecule has 3 nitrogen and oxygen atoms in total. The van der Waals surface area contributed by atoms with Gasteiger partial charge < -0.3 is 15.0 Å². The third-order valence-electron chi connectivity index (χ3n) is 4.94. The third kappa shape index (κ3) is 4.74. The Hall–Kier alpha value is -1.11. The van der Waals surface area contributed by atoms with Crippen molar-refractivity contribution in [3.8, 4) is 5.75 Å². The lowest BCUT2D eigenvalue weighted by Gasteiger charge is -2.28. The minimum atomic E-state index is 0.283. The van der Waals surface area contributed by atoms with Crippen molar-refractivity contribution in [2.45, 2.75) is 26.3 Å². The van der Waals surface area contributed by atoms with Crippen molar-refractivity contribution >= 4 is 22.6 Å². The van der Waals surface area contributed by atoms with Crippen molar-refractivity contribution in [2.24, 2.45) is 0 Å². The summed E-state index contributed by atoms with van der Waals surface area (Å²) in [5.41, 5.74) is 4.11. The van der Waals surface area contributed by atoms with Gasteiger partial charge in [-0.25, -0.2) is 0 Å². The van der Waals surface area contributed by atoms with E-state index in [9.17, 15) is 0 Å². The highest BCUT2D eigenvalue weighted by Gasteiger charge is 2.21. The summed E-state index contributed by atoms with van der Waals surface area (Å²) in [6, 6.07) is 15.7. The molecule has 1 atom stereocenters. The predicted octanol–water partition coefficient (Wildman–Crippen LogP) is 4.25. The zero-order chi connectivity index (χ0) is 17.6. The zero-order valence-electron chi connectivity index (χ0n) is 15.1. The first-order valence-corrected chi connectivity index (χ1v) is 10.3. The predicted molar refractivity (Wildman–Crippen MR) is 112 cm³/mol. The number of hydrogen-bond donors (Lipinski definition) is 1. The molecule has 1 aliphatic rings. The first-order valence-electron chi connectivity index (χ1n) is 9.18. The Balaban J connectivity index is 1.70. The number of rotatable bonds is 7. The molecule has 0 aromatic heterocycles. The number of halogens is 1. The highest BCUT2D eigenvalue weighted by molar-refractivity contribution is 14.1. The van der Waals surface area contributed by atoms with Gasteiger partial charge in [-0.15, -0.1) is 0 Å². The fourth-order valence-electron chi connectivity index (χ4n) is 3.42. The molecule has 1 heterocycles. The molecule has 2 aromatic carbocycles. The van der Waals surface area contributed by atoms with Crippen molar-refractivity contribution in [1.29, 1.82) is 0 Å². The molecule has 0 spiro atoms. The summed E-state index contributed by atoms with van der Waals surface area (Å²) in [6.07, 6.45) is 1.06. The van der Waals surface area contributed by atoms with Gasteiger partial charge >= 0.3 is 0 Å². The van der Waals surface area contributed by atoms with Crippen LogP contribution in [0.5, 0.6) is 5.75 Å². The molecule has 134 valence electrons. The van der Waals surface area contributed by atoms with E-state index in [1.807, 2.05) is 0 Å². The monoisotopic (exact) mass is 450 g/mol. The molecule has 3 rings (SSSR count). The van der Waals surface area contributed by atoms with Gasteiger partial charge in [-0.2, -0.15) is 0 Å². The van der Waals surface area contributed by atoms with Gasteiger partial charge in [0, 0.05) is 16.7 Å². The number of hydrogen-bond acceptors (Lipinski definition) is 3. The van der Waals surface area contributed by atoms with Crippen molar-refractivity contribution < 1.29 is 4.74 Å². The van der Waals surface area contributed by atoms with Crippen LogP contribution >= 0.6 is 22.6 Å². The Bertz CT molecular complexity index is 683. The molecule has 1 N–H and O–H groups in total. The zero-order valence-corrected chi connectivity index (χ0v) is 17.3. The summed E-state index contributed by atoms with van der Waals surface area (Å²) >= 11 is 2.35. The highest BCUT2D eigenvalue weighted by atomic mass is 127. The number of nitrogens with zero attached hydrogens (tertiary/aromatic N) is 1. The van der Waals surface area contributed by atoms with E-state index in [0.717, 1.165) is 45.0 Å². The second-order valence-corrected chi connectivity index (χ2v) is 7.67. The third-order valence-corrected chi connectivity index (χ3v) is 5.66. The molecular formula is C21H27IN2O. The van der Waals surface area contributed by atoms with Crippen LogP contribution in [-0.4, -0.2) is 37.7 Å². The molecule has 0 aliphatic carbocycles. The molecule has 1 aliphatic heterocycles. The average molecular weight is 450 g/mol. The number of benzene rings is 2. The van der Waals surface area contributed by atoms with Crippen molar-refractivity contribution in [1.82, 2.24) is 10.2 Å². The number of fused-ring (bicyclic) bond motifs is 1. The van der Waals surface area contributed by atoms with Gasteiger partial charge in [0.25, 0.3) is 0 Å². The van der Waals surface area contributed by atoms with Crippen LogP contribution < -0.4 is 10.1 Å². The van der Waals surface area contributed by atoms with Crippen LogP contribution in [0.2, 0.25) is 0 Å². The van der Waals surface area contributed by atoms with E-state index in [4.69, 9.17) is 4.74 Å². The first-order chi connectivity index (χ1) is 12.2. The Kier molecular flexibility index (Phi) is 6.73. The summed E-state index contributed by atoms with van der Waals surface area (Å²) < 4.78 is 7.27. The van der Waals surface area contributed by atoms with E-state index in [1.54, 1.807) is 0 Å². The molecule has 0 bridgehead atoms. The van der Waals surface area contributed by atoms with Crippen LogP contribution in [0.3, 0.4) is 0 Å². The van der Waals surface area contributed by atoms with E-state index in [1.165, 1.54) is 20.3 Å². The maximum Gasteiger partial charge on any atom is 0.119 e. The molecule has 0 amide bonds. The van der Waals surface area contributed by atoms with Gasteiger partial charge in [0.15, 0.2) is 0 Å². The highest BCUT2D eigenvalue weighted by Crippen LogP contribution is 2.31. The van der Waals surface area contributed by atoms with Crippen LogP contribution in [-0.2, 0) is 6.42 Å². The fraction of sp³-hybridized carbons (Fsp3) is 0.429. The molecule has 1 unspecified atom stereocenters. The van der Waals surface area contributed by atoms with Crippen molar-refractivity contribution in [2.75, 3.05) is 32.8 Å². The van der Waals surface area contributed by atoms with Crippen molar-refractivity contribution in [3.63, 3.8) is 0 Å². The van der Waals surface area contributed by atoms with Crippen LogP contribution in [0.1, 0.15) is 36.6 Å². The fourth-order valence-corrected chi connectivity index (χ4v) is 3.78. The molecular weight excluding hydrogens is 423 g/mol. The van der Waals surface area contributed by atoms with Gasteiger partial charge in [-0.3, -0.25) is 0 Å². The quantitative estimate of drug-likeness (QED) is 0.639. The summed E-state index contributed by atoms with van der Waals surface area (Å²) in [4.78, 5) is 2.38. The molecule has 0 radical (unpaired) electrons. The van der Waals surface area contributed by atoms with Gasteiger partial charge in [-0.1, -0.05) is 32.0 Å². The van der Waals surface area contributed by atoms with E-state index in [2.05, 4.69) is 89.1 Å². The average Bonchev–Trinajstić information content (AvgIpc) is 2.65. The Morgan fingerprint density at radius 1 is 1.12 bits per heavy atom. The van der Waals surface area contributed by atoms with Gasteiger partial charge in [0.2, 0.25) is 0 Å². The Labute approximate surface area is 164 Å². The second-order valence-electron chi connectivity index (χ2n) is 6.42. The van der Waals surface area contributed by atoms with Crippen LogP contribution in [0.25, 0.3) is 0 Å². The summed E-state index contributed by atoms with van der Waals surface area (Å²) in [5, 5.41) is 3.65. The topological polar surface area (TPSA) is 24.5 Å². The molecule has 0 saturated heterocycles. The standard InChI is InChI=1S/C21H27IN2O/c1-3-24(4-2)13-14-25-19-9-10-20-17(15-19)11-12-23-21(20)16-5-7-18(22)8-6-16/h5-10,15,21,23H,3-4,11-14H2,1-2H3. The molecule has 25 heavy (non-hydrogen) atoms. The minimum Gasteiger partial charge on any atom is -0.492 e. The summed E-state index contributed by atoms with van der Waals surface area (Å²) in [6.45, 7) is 9.28. The Morgan fingerprint density at radius 2 is 1.88 bits per heavy atom. The normalized spacial score (nSPS) is 16.7. The van der Waals surface area contributed by atoms with Gasteiger partial charge in [-0.05, 0) is 83.1 Å². The number of nitrogens with one attached hydrogen (secondary N) is 1.